The van der Waals surface area contributed by atoms with E-state index < -0.39 is 0 Å². The van der Waals surface area contributed by atoms with Crippen molar-refractivity contribution in [2.24, 2.45) is 4.99 Å². The van der Waals surface area contributed by atoms with Crippen LogP contribution in [0, 0.1) is 6.92 Å². The van der Waals surface area contributed by atoms with Crippen molar-refractivity contribution in [3.05, 3.63) is 36.0 Å². The molecule has 0 spiro atoms. The molecule has 0 radical (unpaired) electrons. The lowest BCUT2D eigenvalue weighted by Gasteiger charge is -2.36. The molecule has 2 aromatic rings. The van der Waals surface area contributed by atoms with Gasteiger partial charge in [-0.05, 0) is 13.0 Å². The predicted molar refractivity (Wildman–Crippen MR) is 103 cm³/mol. The van der Waals surface area contributed by atoms with Crippen LogP contribution in [0.4, 0.5) is 5.95 Å². The maximum absolute atomic E-state index is 5.21. The van der Waals surface area contributed by atoms with E-state index in [1.165, 1.54) is 0 Å². The van der Waals surface area contributed by atoms with Crippen molar-refractivity contribution in [1.29, 1.82) is 0 Å². The van der Waals surface area contributed by atoms with Gasteiger partial charge in [-0.15, -0.1) is 24.0 Å². The Balaban J connectivity index is 0.00000208. The Bertz CT molecular complexity index is 653. The normalized spacial score (nSPS) is 15.2. The summed E-state index contributed by atoms with van der Waals surface area (Å²) in [5, 5.41) is 7.20. The van der Waals surface area contributed by atoms with Crippen LogP contribution in [0.3, 0.4) is 0 Å². The number of hydrogen-bond acceptors (Lipinski definition) is 6. The second kappa shape index (κ2) is 8.81. The van der Waals surface area contributed by atoms with E-state index in [1.54, 1.807) is 19.4 Å². The van der Waals surface area contributed by atoms with Crippen LogP contribution in [-0.4, -0.2) is 59.2 Å². The minimum absolute atomic E-state index is 0. The smallest absolute Gasteiger partial charge is 0.225 e. The van der Waals surface area contributed by atoms with E-state index in [1.807, 2.05) is 19.1 Å². The fourth-order valence-corrected chi connectivity index (χ4v) is 2.57. The van der Waals surface area contributed by atoms with Crippen molar-refractivity contribution in [3.8, 4) is 0 Å². The first-order valence-electron chi connectivity index (χ1n) is 7.66. The zero-order valence-electron chi connectivity index (χ0n) is 13.8. The van der Waals surface area contributed by atoms with E-state index >= 15 is 0 Å². The highest BCUT2D eigenvalue weighted by Gasteiger charge is 2.21. The van der Waals surface area contributed by atoms with Gasteiger partial charge in [-0.2, -0.15) is 0 Å². The van der Waals surface area contributed by atoms with Gasteiger partial charge in [-0.1, -0.05) is 5.16 Å². The molecule has 1 fully saturated rings. The van der Waals surface area contributed by atoms with Gasteiger partial charge in [-0.3, -0.25) is 4.99 Å². The first-order chi connectivity index (χ1) is 11.3. The SMILES string of the molecule is CN=C(NCc1cc(C)no1)N1CCN(c2ncccn2)CC1.I. The van der Waals surface area contributed by atoms with Gasteiger partial charge in [0.25, 0.3) is 0 Å². The molecule has 8 nitrogen and oxygen atoms in total. The summed E-state index contributed by atoms with van der Waals surface area (Å²) >= 11 is 0. The molecule has 0 amide bonds. The molecule has 1 aliphatic heterocycles. The van der Waals surface area contributed by atoms with Gasteiger partial charge >= 0.3 is 0 Å². The van der Waals surface area contributed by atoms with Crippen LogP contribution in [0.25, 0.3) is 0 Å². The third kappa shape index (κ3) is 4.56. The van der Waals surface area contributed by atoms with Gasteiger partial charge in [0.05, 0.1) is 12.2 Å². The summed E-state index contributed by atoms with van der Waals surface area (Å²) in [5.74, 6) is 2.46. The van der Waals surface area contributed by atoms with Crippen LogP contribution in [0.15, 0.2) is 34.0 Å². The third-order valence-electron chi connectivity index (χ3n) is 3.72. The number of hydrogen-bond donors (Lipinski definition) is 1. The van der Waals surface area contributed by atoms with E-state index in [0.29, 0.717) is 6.54 Å². The minimum Gasteiger partial charge on any atom is -0.359 e. The van der Waals surface area contributed by atoms with E-state index in [-0.39, 0.29) is 24.0 Å². The second-order valence-electron chi connectivity index (χ2n) is 5.36. The summed E-state index contributed by atoms with van der Waals surface area (Å²) in [6.07, 6.45) is 3.54. The van der Waals surface area contributed by atoms with Crippen molar-refractivity contribution in [2.45, 2.75) is 13.5 Å². The summed E-state index contributed by atoms with van der Waals surface area (Å²) < 4.78 is 5.21. The summed E-state index contributed by atoms with van der Waals surface area (Å²) in [6, 6.07) is 3.75. The average molecular weight is 443 g/mol. The Morgan fingerprint density at radius 1 is 1.25 bits per heavy atom. The molecule has 1 saturated heterocycles. The lowest BCUT2D eigenvalue weighted by molar-refractivity contribution is 0.355. The molecule has 1 N–H and O–H groups in total. The molecule has 24 heavy (non-hydrogen) atoms. The molecule has 1 aliphatic rings. The van der Waals surface area contributed by atoms with Crippen molar-refractivity contribution >= 4 is 35.9 Å². The van der Waals surface area contributed by atoms with Crippen LogP contribution in [-0.2, 0) is 6.54 Å². The number of piperazine rings is 1. The van der Waals surface area contributed by atoms with Crippen molar-refractivity contribution in [3.63, 3.8) is 0 Å². The van der Waals surface area contributed by atoms with Crippen LogP contribution < -0.4 is 10.2 Å². The van der Waals surface area contributed by atoms with Gasteiger partial charge < -0.3 is 19.6 Å². The maximum Gasteiger partial charge on any atom is 0.225 e. The summed E-state index contributed by atoms with van der Waals surface area (Å²) in [5.41, 5.74) is 0.883. The molecule has 0 saturated carbocycles. The Labute approximate surface area is 158 Å². The zero-order chi connectivity index (χ0) is 16.1. The fraction of sp³-hybridized carbons (Fsp3) is 0.467. The van der Waals surface area contributed by atoms with Gasteiger partial charge in [0, 0.05) is 51.7 Å². The molecule has 0 aromatic carbocycles. The molecular weight excluding hydrogens is 421 g/mol. The second-order valence-corrected chi connectivity index (χ2v) is 5.36. The number of halogens is 1. The summed E-state index contributed by atoms with van der Waals surface area (Å²) in [4.78, 5) is 17.4. The Kier molecular flexibility index (Phi) is 6.76. The number of nitrogens with one attached hydrogen (secondary N) is 1. The highest BCUT2D eigenvalue weighted by Crippen LogP contribution is 2.10. The molecule has 0 unspecified atom stereocenters. The van der Waals surface area contributed by atoms with Crippen molar-refractivity contribution in [1.82, 2.24) is 25.3 Å². The summed E-state index contributed by atoms with van der Waals surface area (Å²) in [7, 11) is 1.79. The van der Waals surface area contributed by atoms with Gasteiger partial charge in [-0.25, -0.2) is 9.97 Å². The van der Waals surface area contributed by atoms with E-state index in [4.69, 9.17) is 4.52 Å². The van der Waals surface area contributed by atoms with Crippen molar-refractivity contribution in [2.75, 3.05) is 38.1 Å². The average Bonchev–Trinajstić information content (AvgIpc) is 3.02. The third-order valence-corrected chi connectivity index (χ3v) is 3.72. The molecule has 3 heterocycles. The highest BCUT2D eigenvalue weighted by atomic mass is 127. The molecule has 0 atom stereocenters. The number of nitrogens with zero attached hydrogens (tertiary/aromatic N) is 6. The van der Waals surface area contributed by atoms with E-state index in [0.717, 1.165) is 49.5 Å². The topological polar surface area (TPSA) is 82.7 Å². The maximum atomic E-state index is 5.21. The van der Waals surface area contributed by atoms with Crippen molar-refractivity contribution < 1.29 is 4.52 Å². The number of guanidine groups is 1. The van der Waals surface area contributed by atoms with Crippen LogP contribution in [0.2, 0.25) is 0 Å². The fourth-order valence-electron chi connectivity index (χ4n) is 2.57. The number of aryl methyl sites for hydroxylation is 1. The van der Waals surface area contributed by atoms with E-state index in [9.17, 15) is 0 Å². The number of rotatable bonds is 3. The monoisotopic (exact) mass is 443 g/mol. The Morgan fingerprint density at radius 3 is 2.54 bits per heavy atom. The first-order valence-corrected chi connectivity index (χ1v) is 7.66. The Morgan fingerprint density at radius 2 is 1.96 bits per heavy atom. The van der Waals surface area contributed by atoms with Gasteiger partial charge in [0.15, 0.2) is 11.7 Å². The largest absolute Gasteiger partial charge is 0.359 e. The quantitative estimate of drug-likeness (QED) is 0.435. The zero-order valence-corrected chi connectivity index (χ0v) is 16.2. The van der Waals surface area contributed by atoms with Gasteiger partial charge in [0.1, 0.15) is 0 Å². The lowest BCUT2D eigenvalue weighted by atomic mass is 10.3. The minimum atomic E-state index is 0. The molecule has 0 aliphatic carbocycles. The van der Waals surface area contributed by atoms with Crippen LogP contribution >= 0.6 is 24.0 Å². The van der Waals surface area contributed by atoms with Gasteiger partial charge in [0.2, 0.25) is 5.95 Å². The number of aliphatic imine (C=N–C) groups is 1. The van der Waals surface area contributed by atoms with Crippen LogP contribution in [0.5, 0.6) is 0 Å². The summed E-state index contributed by atoms with van der Waals surface area (Å²) in [6.45, 7) is 5.96. The standard InChI is InChI=1S/C15H21N7O.HI/c1-12-10-13(23-20-12)11-19-14(16-2)21-6-8-22(9-7-21)15-17-4-3-5-18-15;/h3-5,10H,6-9,11H2,1-2H3,(H,16,19);1H. The Hall–Kier alpha value is -1.91. The molecule has 2 aromatic heterocycles. The molecule has 0 bridgehead atoms. The highest BCUT2D eigenvalue weighted by molar-refractivity contribution is 14.0. The predicted octanol–water partition coefficient (Wildman–Crippen LogP) is 1.29. The first kappa shape index (κ1) is 18.4. The molecule has 9 heteroatoms. The number of anilines is 1. The molecular formula is C15H22IN7O. The number of aromatic nitrogens is 3. The van der Waals surface area contributed by atoms with E-state index in [2.05, 4.69) is 35.2 Å². The van der Waals surface area contributed by atoms with Crippen LogP contribution in [0.1, 0.15) is 11.5 Å². The lowest BCUT2D eigenvalue weighted by Crippen LogP contribution is -2.52. The molecule has 130 valence electrons. The molecule has 3 rings (SSSR count).